The molecule has 0 radical (unpaired) electrons. The standard InChI is InChI=1S/C15H20ClN5OS/c1-10-11(16)4-3-5-12(10)18-19-13(14(17)23)15(22)21-8-6-20(2)7-9-21/h3-5,18H,6-9H2,1-2H3,(H2,17,23)/b19-13+. The lowest BCUT2D eigenvalue weighted by Gasteiger charge is -2.32. The normalized spacial score (nSPS) is 16.3. The van der Waals surface area contributed by atoms with Crippen molar-refractivity contribution in [1.29, 1.82) is 0 Å². The maximum absolute atomic E-state index is 12.6. The lowest BCUT2D eigenvalue weighted by molar-refractivity contribution is -0.125. The van der Waals surface area contributed by atoms with Crippen molar-refractivity contribution in [2.75, 3.05) is 38.7 Å². The molecule has 0 unspecified atom stereocenters. The van der Waals surface area contributed by atoms with Gasteiger partial charge in [-0.15, -0.1) is 0 Å². The number of halogens is 1. The predicted octanol–water partition coefficient (Wildman–Crippen LogP) is 1.48. The van der Waals surface area contributed by atoms with E-state index in [4.69, 9.17) is 29.6 Å². The predicted molar refractivity (Wildman–Crippen MR) is 98.1 cm³/mol. The zero-order valence-corrected chi connectivity index (χ0v) is 14.7. The van der Waals surface area contributed by atoms with Gasteiger partial charge in [0.05, 0.1) is 5.69 Å². The van der Waals surface area contributed by atoms with E-state index in [1.807, 2.05) is 20.0 Å². The second-order valence-electron chi connectivity index (χ2n) is 5.44. The van der Waals surface area contributed by atoms with Crippen LogP contribution >= 0.6 is 23.8 Å². The van der Waals surface area contributed by atoms with Gasteiger partial charge in [0, 0.05) is 31.2 Å². The van der Waals surface area contributed by atoms with Crippen LogP contribution in [0.2, 0.25) is 5.02 Å². The summed E-state index contributed by atoms with van der Waals surface area (Å²) in [7, 11) is 2.02. The molecule has 3 N–H and O–H groups in total. The Hall–Kier alpha value is -1.70. The van der Waals surface area contributed by atoms with Crippen LogP contribution in [-0.2, 0) is 4.79 Å². The summed E-state index contributed by atoms with van der Waals surface area (Å²) in [5.74, 6) is -0.252. The molecule has 8 heteroatoms. The fourth-order valence-electron chi connectivity index (χ4n) is 2.21. The Labute approximate surface area is 146 Å². The van der Waals surface area contributed by atoms with Gasteiger partial charge in [-0.05, 0) is 31.7 Å². The number of thiocarbonyl (C=S) groups is 1. The number of likely N-dealkylation sites (N-methyl/N-ethyl adjacent to an activating group) is 1. The molecule has 1 aromatic rings. The number of benzene rings is 1. The number of anilines is 1. The van der Waals surface area contributed by atoms with Crippen LogP contribution in [0.1, 0.15) is 5.56 Å². The van der Waals surface area contributed by atoms with Gasteiger partial charge in [0.2, 0.25) is 0 Å². The maximum atomic E-state index is 12.6. The molecule has 1 fully saturated rings. The minimum absolute atomic E-state index is 0.0268. The molecule has 0 aromatic heterocycles. The molecule has 0 bridgehead atoms. The van der Waals surface area contributed by atoms with Crippen LogP contribution in [-0.4, -0.2) is 59.6 Å². The third-order valence-electron chi connectivity index (χ3n) is 3.78. The first kappa shape index (κ1) is 17.7. The number of rotatable bonds is 4. The summed E-state index contributed by atoms with van der Waals surface area (Å²) >= 11 is 11.1. The van der Waals surface area contributed by atoms with Gasteiger partial charge in [-0.3, -0.25) is 10.2 Å². The van der Waals surface area contributed by atoms with Crippen LogP contribution in [0.3, 0.4) is 0 Å². The molecule has 1 heterocycles. The first-order valence-corrected chi connectivity index (χ1v) is 8.05. The Morgan fingerprint density at radius 1 is 1.35 bits per heavy atom. The molecule has 6 nitrogen and oxygen atoms in total. The van der Waals surface area contributed by atoms with Gasteiger partial charge in [-0.1, -0.05) is 29.9 Å². The number of hydrogen-bond acceptors (Lipinski definition) is 5. The number of nitrogens with one attached hydrogen (secondary N) is 1. The quantitative estimate of drug-likeness (QED) is 0.487. The van der Waals surface area contributed by atoms with Crippen molar-refractivity contribution in [3.05, 3.63) is 28.8 Å². The third-order valence-corrected chi connectivity index (χ3v) is 4.39. The molecule has 1 saturated heterocycles. The van der Waals surface area contributed by atoms with Crippen molar-refractivity contribution >= 4 is 46.1 Å². The Kier molecular flexibility index (Phi) is 5.92. The van der Waals surface area contributed by atoms with Crippen molar-refractivity contribution in [1.82, 2.24) is 9.80 Å². The number of carbonyl (C=O) groups excluding carboxylic acids is 1. The summed E-state index contributed by atoms with van der Waals surface area (Å²) in [6.45, 7) is 4.76. The Morgan fingerprint density at radius 2 is 2.00 bits per heavy atom. The topological polar surface area (TPSA) is 74.0 Å². The molecule has 1 aromatic carbocycles. The highest BCUT2D eigenvalue weighted by atomic mass is 35.5. The number of carbonyl (C=O) groups is 1. The fourth-order valence-corrected chi connectivity index (χ4v) is 2.52. The molecular formula is C15H20ClN5OS. The zero-order chi connectivity index (χ0) is 17.0. The van der Waals surface area contributed by atoms with E-state index in [2.05, 4.69) is 15.4 Å². The van der Waals surface area contributed by atoms with Crippen molar-refractivity contribution in [2.24, 2.45) is 10.8 Å². The van der Waals surface area contributed by atoms with Crippen LogP contribution in [0.5, 0.6) is 0 Å². The van der Waals surface area contributed by atoms with Crippen molar-refractivity contribution < 1.29 is 4.79 Å². The van der Waals surface area contributed by atoms with Gasteiger partial charge in [-0.2, -0.15) is 5.10 Å². The zero-order valence-electron chi connectivity index (χ0n) is 13.2. The molecular weight excluding hydrogens is 334 g/mol. The summed E-state index contributed by atoms with van der Waals surface area (Å²) < 4.78 is 0. The highest BCUT2D eigenvalue weighted by Crippen LogP contribution is 2.22. The van der Waals surface area contributed by atoms with Crippen molar-refractivity contribution in [3.8, 4) is 0 Å². The average molecular weight is 354 g/mol. The SMILES string of the molecule is Cc1c(Cl)cccc1N/N=C(/C(=O)N1CCN(C)CC1)C(N)=S. The summed E-state index contributed by atoms with van der Waals surface area (Å²) in [5, 5.41) is 4.74. The van der Waals surface area contributed by atoms with Crippen molar-refractivity contribution in [3.63, 3.8) is 0 Å². The maximum Gasteiger partial charge on any atom is 0.277 e. The van der Waals surface area contributed by atoms with E-state index in [-0.39, 0.29) is 16.6 Å². The van der Waals surface area contributed by atoms with E-state index in [9.17, 15) is 4.79 Å². The van der Waals surface area contributed by atoms with Gasteiger partial charge < -0.3 is 15.5 Å². The molecule has 0 aliphatic carbocycles. The molecule has 1 aliphatic rings. The van der Waals surface area contributed by atoms with Gasteiger partial charge in [0.25, 0.3) is 5.91 Å². The highest BCUT2D eigenvalue weighted by molar-refractivity contribution is 7.82. The highest BCUT2D eigenvalue weighted by Gasteiger charge is 2.25. The Morgan fingerprint density at radius 3 is 2.61 bits per heavy atom. The first-order valence-electron chi connectivity index (χ1n) is 7.26. The first-order chi connectivity index (χ1) is 10.9. The van der Waals surface area contributed by atoms with E-state index >= 15 is 0 Å². The Balaban J connectivity index is 2.16. The smallest absolute Gasteiger partial charge is 0.277 e. The van der Waals surface area contributed by atoms with Gasteiger partial charge in [0.15, 0.2) is 5.71 Å². The van der Waals surface area contributed by atoms with Crippen LogP contribution in [0, 0.1) is 6.92 Å². The van der Waals surface area contributed by atoms with Crippen LogP contribution in [0.15, 0.2) is 23.3 Å². The number of piperazine rings is 1. The Bertz CT molecular complexity index is 641. The van der Waals surface area contributed by atoms with Crippen LogP contribution in [0.25, 0.3) is 0 Å². The van der Waals surface area contributed by atoms with Crippen molar-refractivity contribution in [2.45, 2.75) is 6.92 Å². The monoisotopic (exact) mass is 353 g/mol. The number of nitrogens with zero attached hydrogens (tertiary/aromatic N) is 3. The largest absolute Gasteiger partial charge is 0.388 e. The second-order valence-corrected chi connectivity index (χ2v) is 6.29. The van der Waals surface area contributed by atoms with E-state index in [1.165, 1.54) is 0 Å². The van der Waals surface area contributed by atoms with E-state index in [1.54, 1.807) is 17.0 Å². The molecule has 124 valence electrons. The summed E-state index contributed by atoms with van der Waals surface area (Å²) in [5.41, 5.74) is 10.1. The molecule has 0 atom stereocenters. The van der Waals surface area contributed by atoms with Crippen LogP contribution < -0.4 is 11.2 Å². The van der Waals surface area contributed by atoms with E-state index < -0.39 is 0 Å². The molecule has 1 amide bonds. The molecule has 2 rings (SSSR count). The minimum Gasteiger partial charge on any atom is -0.388 e. The summed E-state index contributed by atoms with van der Waals surface area (Å²) in [4.78, 5) is 16.4. The number of amides is 1. The number of hydrazone groups is 1. The lowest BCUT2D eigenvalue weighted by Crippen LogP contribution is -2.51. The van der Waals surface area contributed by atoms with Gasteiger partial charge in [0.1, 0.15) is 4.99 Å². The molecule has 23 heavy (non-hydrogen) atoms. The summed E-state index contributed by atoms with van der Waals surface area (Å²) in [6.07, 6.45) is 0. The number of nitrogens with two attached hydrogens (primary N) is 1. The molecule has 0 saturated carbocycles. The van der Waals surface area contributed by atoms with Gasteiger partial charge >= 0.3 is 0 Å². The van der Waals surface area contributed by atoms with E-state index in [0.717, 1.165) is 18.7 Å². The van der Waals surface area contributed by atoms with Gasteiger partial charge in [-0.25, -0.2) is 0 Å². The lowest BCUT2D eigenvalue weighted by atomic mass is 10.2. The third kappa shape index (κ3) is 4.40. The average Bonchev–Trinajstić information content (AvgIpc) is 2.51. The fraction of sp³-hybridized carbons (Fsp3) is 0.400. The summed E-state index contributed by atoms with van der Waals surface area (Å²) in [6, 6.07) is 5.41. The second kappa shape index (κ2) is 7.72. The molecule has 1 aliphatic heterocycles. The minimum atomic E-state index is -0.252. The number of hydrogen-bond donors (Lipinski definition) is 2. The molecule has 0 spiro atoms. The van der Waals surface area contributed by atoms with E-state index in [0.29, 0.717) is 23.8 Å². The van der Waals surface area contributed by atoms with Crippen LogP contribution in [0.4, 0.5) is 5.69 Å².